The molecule has 1 aromatic heterocycles. The maximum Gasteiger partial charge on any atom is 0.261 e. The summed E-state index contributed by atoms with van der Waals surface area (Å²) in [7, 11) is -7.13. The number of hydrogen-bond acceptors (Lipinski definition) is 6. The maximum atomic E-state index is 12.9. The van der Waals surface area contributed by atoms with Crippen LogP contribution in [0.1, 0.15) is 37.3 Å². The normalized spacial score (nSPS) is 14.7. The Hall–Kier alpha value is -1.97. The second-order valence-electron chi connectivity index (χ2n) is 7.22. The van der Waals surface area contributed by atoms with Gasteiger partial charge in [0.05, 0.1) is 26.6 Å². The number of nitrogens with zero attached hydrogens (tertiary/aromatic N) is 1. The second-order valence-corrected chi connectivity index (χ2v) is 12.2. The van der Waals surface area contributed by atoms with Gasteiger partial charge in [0.15, 0.2) is 0 Å². The van der Waals surface area contributed by atoms with E-state index in [1.165, 1.54) is 5.56 Å². The van der Waals surface area contributed by atoms with E-state index in [4.69, 9.17) is 0 Å². The number of nitrogens with one attached hydrogen (secondary N) is 1. The van der Waals surface area contributed by atoms with Crippen LogP contribution in [-0.2, 0) is 32.7 Å². The van der Waals surface area contributed by atoms with E-state index in [9.17, 15) is 16.8 Å². The average Bonchev–Trinajstić information content (AvgIpc) is 3.12. The zero-order valence-electron chi connectivity index (χ0n) is 16.0. The molecule has 0 saturated carbocycles. The number of aromatic nitrogens is 1. The molecule has 0 unspecified atom stereocenters. The summed E-state index contributed by atoms with van der Waals surface area (Å²) in [6.07, 6.45) is 4.64. The minimum Gasteiger partial charge on any atom is -0.280 e. The average molecular weight is 451 g/mol. The van der Waals surface area contributed by atoms with Crippen LogP contribution in [0.2, 0.25) is 0 Å². The summed E-state index contributed by atoms with van der Waals surface area (Å²) in [6, 6.07) is 10.2. The molecule has 1 N–H and O–H groups in total. The highest BCUT2D eigenvalue weighted by atomic mass is 32.2. The van der Waals surface area contributed by atoms with E-state index in [0.29, 0.717) is 22.3 Å². The van der Waals surface area contributed by atoms with Gasteiger partial charge in [0.1, 0.15) is 0 Å². The molecule has 4 rings (SSSR count). The van der Waals surface area contributed by atoms with E-state index in [0.717, 1.165) is 42.6 Å². The van der Waals surface area contributed by atoms with Crippen LogP contribution in [0.3, 0.4) is 0 Å². The van der Waals surface area contributed by atoms with Crippen molar-refractivity contribution in [2.45, 2.75) is 48.3 Å². The monoisotopic (exact) mass is 450 g/mol. The lowest BCUT2D eigenvalue weighted by atomic mass is 9.92. The largest absolute Gasteiger partial charge is 0.280 e. The SMILES string of the molecule is CCCS(=O)(=O)c1nc2ccc(NS(=O)(=O)c3ccc4c(c3)CCCC4)cc2s1. The summed E-state index contributed by atoms with van der Waals surface area (Å²) in [4.78, 5) is 4.44. The van der Waals surface area contributed by atoms with Gasteiger partial charge in [-0.05, 0) is 73.6 Å². The first kappa shape index (κ1) is 20.3. The molecule has 0 spiro atoms. The van der Waals surface area contributed by atoms with Gasteiger partial charge in [0, 0.05) is 0 Å². The summed E-state index contributed by atoms with van der Waals surface area (Å²) in [6.45, 7) is 1.80. The first-order chi connectivity index (χ1) is 13.8. The van der Waals surface area contributed by atoms with Gasteiger partial charge in [-0.1, -0.05) is 13.0 Å². The standard InChI is InChI=1S/C20H22N2O4S3/c1-2-11-28(23,24)20-21-18-10-8-16(13-19(18)27-20)22-29(25,26)17-9-7-14-5-3-4-6-15(14)12-17/h7-10,12-13,22H,2-6,11H2,1H3. The zero-order chi connectivity index (χ0) is 20.6. The molecule has 154 valence electrons. The number of benzene rings is 2. The Kier molecular flexibility index (Phi) is 5.39. The van der Waals surface area contributed by atoms with Crippen LogP contribution in [0.25, 0.3) is 10.2 Å². The Labute approximate surface area is 175 Å². The van der Waals surface area contributed by atoms with Crippen molar-refractivity contribution >= 4 is 47.1 Å². The predicted octanol–water partition coefficient (Wildman–Crippen LogP) is 4.16. The highest BCUT2D eigenvalue weighted by Crippen LogP contribution is 2.30. The second kappa shape index (κ2) is 7.70. The van der Waals surface area contributed by atoms with Gasteiger partial charge < -0.3 is 0 Å². The molecule has 1 heterocycles. The van der Waals surface area contributed by atoms with Crippen LogP contribution in [0.15, 0.2) is 45.6 Å². The number of sulfonamides is 1. The molecule has 2 aromatic carbocycles. The molecule has 0 amide bonds. The van der Waals surface area contributed by atoms with E-state index in [1.807, 2.05) is 6.07 Å². The fourth-order valence-corrected chi connectivity index (χ4v) is 7.36. The lowest BCUT2D eigenvalue weighted by Gasteiger charge is -2.17. The number of aryl methyl sites for hydroxylation is 2. The van der Waals surface area contributed by atoms with Gasteiger partial charge >= 0.3 is 0 Å². The highest BCUT2D eigenvalue weighted by molar-refractivity contribution is 7.93. The van der Waals surface area contributed by atoms with Crippen LogP contribution < -0.4 is 4.72 Å². The third-order valence-electron chi connectivity index (χ3n) is 4.99. The Balaban J connectivity index is 1.63. The van der Waals surface area contributed by atoms with Gasteiger partial charge in [-0.25, -0.2) is 21.8 Å². The van der Waals surface area contributed by atoms with Gasteiger partial charge in [0.25, 0.3) is 10.0 Å². The molecule has 1 aliphatic rings. The Morgan fingerprint density at radius 3 is 2.52 bits per heavy atom. The van der Waals surface area contributed by atoms with Crippen molar-refractivity contribution in [3.8, 4) is 0 Å². The van der Waals surface area contributed by atoms with E-state index >= 15 is 0 Å². The molecular formula is C20H22N2O4S3. The van der Waals surface area contributed by atoms with Crippen LogP contribution in [0.5, 0.6) is 0 Å². The lowest BCUT2D eigenvalue weighted by Crippen LogP contribution is -2.14. The molecule has 0 fully saturated rings. The van der Waals surface area contributed by atoms with Crippen molar-refractivity contribution in [2.24, 2.45) is 0 Å². The molecule has 0 radical (unpaired) electrons. The molecule has 0 bridgehead atoms. The van der Waals surface area contributed by atoms with Crippen molar-refractivity contribution in [3.05, 3.63) is 47.5 Å². The van der Waals surface area contributed by atoms with Crippen molar-refractivity contribution < 1.29 is 16.8 Å². The third kappa shape index (κ3) is 4.17. The van der Waals surface area contributed by atoms with Crippen molar-refractivity contribution in [1.82, 2.24) is 4.98 Å². The van der Waals surface area contributed by atoms with Gasteiger partial charge in [0.2, 0.25) is 14.2 Å². The van der Waals surface area contributed by atoms with Crippen LogP contribution >= 0.6 is 11.3 Å². The Morgan fingerprint density at radius 2 is 1.76 bits per heavy atom. The summed E-state index contributed by atoms with van der Waals surface area (Å²) in [5, 5.41) is 0. The summed E-state index contributed by atoms with van der Waals surface area (Å²) in [5.74, 6) is 0.0463. The zero-order valence-corrected chi connectivity index (χ0v) is 18.5. The predicted molar refractivity (Wildman–Crippen MR) is 116 cm³/mol. The van der Waals surface area contributed by atoms with Crippen LogP contribution in [-0.4, -0.2) is 27.6 Å². The quantitative estimate of drug-likeness (QED) is 0.609. The number of thiazole rings is 1. The minimum atomic E-state index is -3.73. The number of sulfone groups is 1. The fraction of sp³-hybridized carbons (Fsp3) is 0.350. The van der Waals surface area contributed by atoms with Gasteiger partial charge in [-0.2, -0.15) is 0 Å². The molecule has 1 aliphatic carbocycles. The van der Waals surface area contributed by atoms with Crippen molar-refractivity contribution in [2.75, 3.05) is 10.5 Å². The fourth-order valence-electron chi connectivity index (χ4n) is 3.55. The molecule has 6 nitrogen and oxygen atoms in total. The minimum absolute atomic E-state index is 0.0463. The van der Waals surface area contributed by atoms with E-state index in [1.54, 1.807) is 37.3 Å². The number of rotatable bonds is 6. The molecule has 9 heteroatoms. The molecule has 29 heavy (non-hydrogen) atoms. The lowest BCUT2D eigenvalue weighted by molar-refractivity contribution is 0.594. The van der Waals surface area contributed by atoms with E-state index in [2.05, 4.69) is 9.71 Å². The molecule has 0 aliphatic heterocycles. The Bertz CT molecular complexity index is 1280. The van der Waals surface area contributed by atoms with Crippen molar-refractivity contribution in [1.29, 1.82) is 0 Å². The Morgan fingerprint density at radius 1 is 1.00 bits per heavy atom. The van der Waals surface area contributed by atoms with E-state index < -0.39 is 19.9 Å². The van der Waals surface area contributed by atoms with Gasteiger partial charge in [-0.3, -0.25) is 4.72 Å². The third-order valence-corrected chi connectivity index (χ3v) is 9.76. The molecule has 0 atom stereocenters. The number of hydrogen-bond donors (Lipinski definition) is 1. The first-order valence-corrected chi connectivity index (χ1v) is 13.5. The highest BCUT2D eigenvalue weighted by Gasteiger charge is 2.21. The first-order valence-electron chi connectivity index (χ1n) is 9.56. The van der Waals surface area contributed by atoms with Crippen molar-refractivity contribution in [3.63, 3.8) is 0 Å². The smallest absolute Gasteiger partial charge is 0.261 e. The van der Waals surface area contributed by atoms with Crippen LogP contribution in [0.4, 0.5) is 5.69 Å². The summed E-state index contributed by atoms with van der Waals surface area (Å²) >= 11 is 1.06. The maximum absolute atomic E-state index is 12.9. The molecule has 0 saturated heterocycles. The van der Waals surface area contributed by atoms with Crippen LogP contribution in [0, 0.1) is 0 Å². The summed E-state index contributed by atoms with van der Waals surface area (Å²) in [5.41, 5.74) is 3.25. The summed E-state index contributed by atoms with van der Waals surface area (Å²) < 4.78 is 53.5. The van der Waals surface area contributed by atoms with E-state index in [-0.39, 0.29) is 15.0 Å². The topological polar surface area (TPSA) is 93.2 Å². The number of fused-ring (bicyclic) bond motifs is 2. The number of anilines is 1. The molecule has 3 aromatic rings. The van der Waals surface area contributed by atoms with Gasteiger partial charge in [-0.15, -0.1) is 11.3 Å². The molecular weight excluding hydrogens is 428 g/mol.